The van der Waals surface area contributed by atoms with Crippen LogP contribution in [0.4, 0.5) is 11.8 Å². The molecule has 4 rings (SSSR count). The van der Waals surface area contributed by atoms with Gasteiger partial charge >= 0.3 is 0 Å². The fourth-order valence-electron chi connectivity index (χ4n) is 4.10. The van der Waals surface area contributed by atoms with Crippen molar-refractivity contribution < 1.29 is 5.11 Å². The minimum Gasteiger partial charge on any atom is -0.506 e. The van der Waals surface area contributed by atoms with Crippen LogP contribution in [0.3, 0.4) is 0 Å². The number of aromatic hydroxyl groups is 1. The van der Waals surface area contributed by atoms with Crippen molar-refractivity contribution in [2.24, 2.45) is 0 Å². The standard InChI is InChI=1S/C23H27BrClN5O/c1-30(2)22-18-5-3-4-6-20(18)28-23(29-22)27-17-9-7-16(8-10-17)26-13-14-11-15(25)12-19(24)21(14)31/h3-6,11-12,16-17,26,31H,7-10,13H2,1-2H3,(H,27,28,29). The molecule has 3 N–H and O–H groups in total. The Bertz CT molecular complexity index is 1070. The summed E-state index contributed by atoms with van der Waals surface area (Å²) in [5.74, 6) is 1.86. The van der Waals surface area contributed by atoms with E-state index in [1.165, 1.54) is 0 Å². The summed E-state index contributed by atoms with van der Waals surface area (Å²) in [4.78, 5) is 11.5. The van der Waals surface area contributed by atoms with E-state index in [-0.39, 0.29) is 5.75 Å². The van der Waals surface area contributed by atoms with E-state index < -0.39 is 0 Å². The first-order valence-corrected chi connectivity index (χ1v) is 11.7. The maximum Gasteiger partial charge on any atom is 0.225 e. The Kier molecular flexibility index (Phi) is 6.84. The van der Waals surface area contributed by atoms with Crippen LogP contribution < -0.4 is 15.5 Å². The normalized spacial score (nSPS) is 18.8. The Morgan fingerprint density at radius 2 is 1.81 bits per heavy atom. The minimum absolute atomic E-state index is 0.248. The highest BCUT2D eigenvalue weighted by molar-refractivity contribution is 9.10. The Morgan fingerprint density at radius 3 is 2.55 bits per heavy atom. The van der Waals surface area contributed by atoms with E-state index in [2.05, 4.69) is 32.6 Å². The van der Waals surface area contributed by atoms with Crippen LogP contribution >= 0.6 is 27.5 Å². The second-order valence-electron chi connectivity index (χ2n) is 8.25. The molecule has 1 fully saturated rings. The highest BCUT2D eigenvalue weighted by Gasteiger charge is 2.22. The molecule has 1 heterocycles. The summed E-state index contributed by atoms with van der Waals surface area (Å²) in [5.41, 5.74) is 1.76. The lowest BCUT2D eigenvalue weighted by Crippen LogP contribution is -2.37. The summed E-state index contributed by atoms with van der Waals surface area (Å²) >= 11 is 9.46. The van der Waals surface area contributed by atoms with Gasteiger partial charge in [0, 0.05) is 48.7 Å². The highest BCUT2D eigenvalue weighted by atomic mass is 79.9. The number of para-hydroxylation sites is 1. The van der Waals surface area contributed by atoms with Crippen LogP contribution in [0.5, 0.6) is 5.75 Å². The molecular formula is C23H27BrClN5O. The predicted molar refractivity (Wildman–Crippen MR) is 131 cm³/mol. The number of phenols is 1. The summed E-state index contributed by atoms with van der Waals surface area (Å²) in [6, 6.07) is 12.4. The Balaban J connectivity index is 1.35. The van der Waals surface area contributed by atoms with Crippen LogP contribution in [-0.4, -0.2) is 41.3 Å². The van der Waals surface area contributed by atoms with Gasteiger partial charge in [0.05, 0.1) is 9.99 Å². The Labute approximate surface area is 196 Å². The topological polar surface area (TPSA) is 73.3 Å². The summed E-state index contributed by atoms with van der Waals surface area (Å²) in [5, 5.41) is 19.0. The first-order chi connectivity index (χ1) is 14.9. The molecule has 6 nitrogen and oxygen atoms in total. The number of nitrogens with zero attached hydrogens (tertiary/aromatic N) is 3. The van der Waals surface area contributed by atoms with E-state index in [9.17, 15) is 5.11 Å². The predicted octanol–water partition coefficient (Wildman–Crippen LogP) is 5.33. The molecule has 31 heavy (non-hydrogen) atoms. The zero-order valence-electron chi connectivity index (χ0n) is 17.7. The molecule has 0 aliphatic heterocycles. The summed E-state index contributed by atoms with van der Waals surface area (Å²) in [7, 11) is 4.01. The van der Waals surface area contributed by atoms with Gasteiger partial charge in [-0.1, -0.05) is 23.7 Å². The molecule has 0 spiro atoms. The van der Waals surface area contributed by atoms with Gasteiger partial charge in [-0.15, -0.1) is 0 Å². The maximum atomic E-state index is 10.2. The number of nitrogens with one attached hydrogen (secondary N) is 2. The molecule has 1 aromatic heterocycles. The van der Waals surface area contributed by atoms with Crippen molar-refractivity contribution in [3.63, 3.8) is 0 Å². The third-order valence-corrected chi connectivity index (χ3v) is 6.58. The highest BCUT2D eigenvalue weighted by Crippen LogP contribution is 2.32. The van der Waals surface area contributed by atoms with Gasteiger partial charge in [-0.05, 0) is 65.9 Å². The lowest BCUT2D eigenvalue weighted by atomic mass is 9.91. The zero-order chi connectivity index (χ0) is 22.0. The average molecular weight is 505 g/mol. The molecule has 0 atom stereocenters. The van der Waals surface area contributed by atoms with E-state index >= 15 is 0 Å². The molecule has 164 valence electrons. The van der Waals surface area contributed by atoms with Gasteiger partial charge in [0.1, 0.15) is 11.6 Å². The number of phenolic OH excluding ortho intramolecular Hbond substituents is 1. The first-order valence-electron chi connectivity index (χ1n) is 10.5. The van der Waals surface area contributed by atoms with Gasteiger partial charge < -0.3 is 20.6 Å². The Morgan fingerprint density at radius 1 is 1.10 bits per heavy atom. The average Bonchev–Trinajstić information content (AvgIpc) is 2.75. The lowest BCUT2D eigenvalue weighted by Gasteiger charge is -2.30. The molecule has 0 amide bonds. The van der Waals surface area contributed by atoms with E-state index in [0.29, 0.717) is 34.1 Å². The maximum absolute atomic E-state index is 10.2. The number of aromatic nitrogens is 2. The monoisotopic (exact) mass is 503 g/mol. The summed E-state index contributed by atoms with van der Waals surface area (Å²) in [6.07, 6.45) is 4.18. The van der Waals surface area contributed by atoms with E-state index in [0.717, 1.165) is 48.0 Å². The van der Waals surface area contributed by atoms with Crippen molar-refractivity contribution in [3.8, 4) is 5.75 Å². The van der Waals surface area contributed by atoms with Gasteiger partial charge in [0.25, 0.3) is 0 Å². The molecule has 1 aliphatic rings. The van der Waals surface area contributed by atoms with Gasteiger partial charge in [0.2, 0.25) is 5.95 Å². The smallest absolute Gasteiger partial charge is 0.225 e. The molecule has 8 heteroatoms. The van der Waals surface area contributed by atoms with Crippen molar-refractivity contribution in [1.29, 1.82) is 0 Å². The van der Waals surface area contributed by atoms with Crippen LogP contribution in [0.2, 0.25) is 5.02 Å². The largest absolute Gasteiger partial charge is 0.506 e. The molecule has 3 aromatic rings. The summed E-state index contributed by atoms with van der Waals surface area (Å²) < 4.78 is 0.622. The second kappa shape index (κ2) is 9.59. The van der Waals surface area contributed by atoms with E-state index in [1.807, 2.05) is 37.2 Å². The van der Waals surface area contributed by atoms with Crippen LogP contribution in [0.1, 0.15) is 31.2 Å². The molecule has 0 radical (unpaired) electrons. The number of benzene rings is 2. The Hall–Kier alpha value is -2.09. The third kappa shape index (κ3) is 5.22. The fourth-order valence-corrected chi connectivity index (χ4v) is 4.97. The van der Waals surface area contributed by atoms with Crippen LogP contribution in [0.15, 0.2) is 40.9 Å². The van der Waals surface area contributed by atoms with Crippen molar-refractivity contribution in [3.05, 3.63) is 51.5 Å². The lowest BCUT2D eigenvalue weighted by molar-refractivity contribution is 0.349. The number of anilines is 2. The van der Waals surface area contributed by atoms with Crippen LogP contribution in [0, 0.1) is 0 Å². The van der Waals surface area contributed by atoms with E-state index in [1.54, 1.807) is 12.1 Å². The molecule has 1 saturated carbocycles. The van der Waals surface area contributed by atoms with Crippen molar-refractivity contribution >= 4 is 50.2 Å². The fraction of sp³-hybridized carbons (Fsp3) is 0.391. The van der Waals surface area contributed by atoms with Crippen LogP contribution in [0.25, 0.3) is 10.9 Å². The van der Waals surface area contributed by atoms with Gasteiger partial charge in [0.15, 0.2) is 0 Å². The number of fused-ring (bicyclic) bond motifs is 1. The third-order valence-electron chi connectivity index (χ3n) is 5.76. The number of hydrogen-bond acceptors (Lipinski definition) is 6. The van der Waals surface area contributed by atoms with E-state index in [4.69, 9.17) is 21.6 Å². The second-order valence-corrected chi connectivity index (χ2v) is 9.54. The minimum atomic E-state index is 0.248. The van der Waals surface area contributed by atoms with Gasteiger partial charge in [-0.25, -0.2) is 4.98 Å². The number of rotatable bonds is 6. The van der Waals surface area contributed by atoms with Crippen LogP contribution in [-0.2, 0) is 6.54 Å². The number of hydrogen-bond donors (Lipinski definition) is 3. The molecule has 0 saturated heterocycles. The quantitative estimate of drug-likeness (QED) is 0.421. The molecule has 2 aromatic carbocycles. The van der Waals surface area contributed by atoms with Crippen molar-refractivity contribution in [2.45, 2.75) is 44.3 Å². The zero-order valence-corrected chi connectivity index (χ0v) is 20.0. The first kappa shape index (κ1) is 22.1. The van der Waals surface area contributed by atoms with Gasteiger partial charge in [-0.2, -0.15) is 4.98 Å². The molecule has 1 aliphatic carbocycles. The molecule has 0 bridgehead atoms. The van der Waals surface area contributed by atoms with Crippen molar-refractivity contribution in [1.82, 2.24) is 15.3 Å². The van der Waals surface area contributed by atoms with Gasteiger partial charge in [-0.3, -0.25) is 0 Å². The summed E-state index contributed by atoms with van der Waals surface area (Å²) in [6.45, 7) is 0.591. The van der Waals surface area contributed by atoms with Crippen molar-refractivity contribution in [2.75, 3.05) is 24.3 Å². The molecule has 0 unspecified atom stereocenters. The SMILES string of the molecule is CN(C)c1nc(NC2CCC(NCc3cc(Cl)cc(Br)c3O)CC2)nc2ccccc12. The number of halogens is 2. The molecular weight excluding hydrogens is 478 g/mol.